The molecule has 2 atom stereocenters. The van der Waals surface area contributed by atoms with E-state index in [1.807, 2.05) is 0 Å². The number of cyclic esters (lactones) is 1. The predicted molar refractivity (Wildman–Crippen MR) is 89.7 cm³/mol. The Balaban J connectivity index is 2.15. The molecule has 0 radical (unpaired) electrons. The van der Waals surface area contributed by atoms with E-state index in [2.05, 4.69) is 0 Å². The summed E-state index contributed by atoms with van der Waals surface area (Å²) in [5.41, 5.74) is -3.81. The normalized spacial score (nSPS) is 25.3. The first-order chi connectivity index (χ1) is 12.3. The summed E-state index contributed by atoms with van der Waals surface area (Å²) in [6.45, 7) is 1.59. The zero-order valence-corrected chi connectivity index (χ0v) is 14.5. The Hall–Kier alpha value is -2.50. The molecule has 2 aromatic rings. The molecule has 3 rings (SSSR count). The maximum absolute atomic E-state index is 14.3. The molecule has 0 unspecified atom stereocenters. The summed E-state index contributed by atoms with van der Waals surface area (Å²) in [6.07, 6.45) is -4.79. The lowest BCUT2D eigenvalue weighted by Gasteiger charge is -2.56. The highest BCUT2D eigenvalue weighted by molar-refractivity contribution is 5.86. The summed E-state index contributed by atoms with van der Waals surface area (Å²) in [7, 11) is 1.43. The zero-order valence-electron chi connectivity index (χ0n) is 14.5. The highest BCUT2D eigenvalue weighted by Gasteiger charge is 2.80. The number of hydrogen-bond acceptors (Lipinski definition) is 3. The summed E-state index contributed by atoms with van der Waals surface area (Å²) in [5.74, 6) is -0.390. The molecule has 0 aliphatic carbocycles. The topological polar surface area (TPSA) is 35.5 Å². The van der Waals surface area contributed by atoms with Crippen molar-refractivity contribution in [3.8, 4) is 5.75 Å². The van der Waals surface area contributed by atoms with Gasteiger partial charge in [-0.05, 0) is 30.5 Å². The first-order valence-corrected chi connectivity index (χ1v) is 8.29. The summed E-state index contributed by atoms with van der Waals surface area (Å²) in [4.78, 5) is 12.4. The van der Waals surface area contributed by atoms with Gasteiger partial charge >= 0.3 is 12.1 Å². The molecule has 1 heterocycles. The molecule has 26 heavy (non-hydrogen) atoms. The van der Waals surface area contributed by atoms with E-state index in [-0.39, 0.29) is 18.4 Å². The number of esters is 1. The molecule has 0 amide bonds. The molecule has 0 saturated carbocycles. The molecular weight excluding hydrogens is 345 g/mol. The molecule has 138 valence electrons. The molecule has 1 aliphatic heterocycles. The summed E-state index contributed by atoms with van der Waals surface area (Å²) in [6, 6.07) is 14.2. The molecule has 0 aromatic heterocycles. The number of ether oxygens (including phenoxy) is 2. The van der Waals surface area contributed by atoms with Gasteiger partial charge in [0.05, 0.1) is 7.11 Å². The molecule has 0 N–H and O–H groups in total. The molecule has 1 fully saturated rings. The third-order valence-electron chi connectivity index (χ3n) is 5.16. The number of carbonyl (C=O) groups excluding carboxylic acids is 1. The average Bonchev–Trinajstić information content (AvgIpc) is 2.63. The van der Waals surface area contributed by atoms with Crippen LogP contribution >= 0.6 is 0 Å². The molecule has 6 heteroatoms. The summed E-state index contributed by atoms with van der Waals surface area (Å²) >= 11 is 0. The number of rotatable bonds is 5. The van der Waals surface area contributed by atoms with E-state index in [1.165, 1.54) is 31.4 Å². The maximum atomic E-state index is 14.3. The van der Waals surface area contributed by atoms with Crippen LogP contribution in [0.15, 0.2) is 54.6 Å². The number of carbonyl (C=O) groups is 1. The van der Waals surface area contributed by atoms with Crippen molar-refractivity contribution < 1.29 is 27.4 Å². The van der Waals surface area contributed by atoms with Crippen molar-refractivity contribution in [1.29, 1.82) is 0 Å². The first-order valence-electron chi connectivity index (χ1n) is 8.29. The second kappa shape index (κ2) is 6.34. The lowest BCUT2D eigenvalue weighted by atomic mass is 9.59. The third kappa shape index (κ3) is 2.47. The monoisotopic (exact) mass is 364 g/mol. The smallest absolute Gasteiger partial charge is 0.433 e. The van der Waals surface area contributed by atoms with Crippen LogP contribution in [0.2, 0.25) is 0 Å². The minimum absolute atomic E-state index is 0.00622. The van der Waals surface area contributed by atoms with Crippen LogP contribution in [0.5, 0.6) is 5.75 Å². The maximum Gasteiger partial charge on any atom is 0.433 e. The number of halogens is 3. The van der Waals surface area contributed by atoms with Gasteiger partial charge in [0.15, 0.2) is 0 Å². The number of hydrogen-bond donors (Lipinski definition) is 0. The van der Waals surface area contributed by atoms with Gasteiger partial charge in [0, 0.05) is 5.56 Å². The van der Waals surface area contributed by atoms with Crippen LogP contribution in [-0.4, -0.2) is 19.3 Å². The molecule has 0 bridgehead atoms. The van der Waals surface area contributed by atoms with Crippen LogP contribution in [0.3, 0.4) is 0 Å². The summed E-state index contributed by atoms with van der Waals surface area (Å²) in [5, 5.41) is 0. The van der Waals surface area contributed by atoms with Gasteiger partial charge in [0.1, 0.15) is 11.2 Å². The highest BCUT2D eigenvalue weighted by Crippen LogP contribution is 2.64. The molecular formula is C20H19F3O3. The Kier molecular flexibility index (Phi) is 4.46. The average molecular weight is 364 g/mol. The quantitative estimate of drug-likeness (QED) is 0.725. The number of alkyl halides is 3. The van der Waals surface area contributed by atoms with Crippen LogP contribution in [-0.2, 0) is 21.6 Å². The molecule has 3 nitrogen and oxygen atoms in total. The Bertz CT molecular complexity index is 786. The first kappa shape index (κ1) is 18.3. The largest absolute Gasteiger partial charge is 0.497 e. The second-order valence-electron chi connectivity index (χ2n) is 6.40. The van der Waals surface area contributed by atoms with E-state index in [0.717, 1.165) is 0 Å². The Morgan fingerprint density at radius 3 is 2.12 bits per heavy atom. The van der Waals surface area contributed by atoms with Crippen molar-refractivity contribution >= 4 is 5.97 Å². The minimum atomic E-state index is -4.75. The Labute approximate surface area is 149 Å². The fourth-order valence-corrected chi connectivity index (χ4v) is 3.74. The van der Waals surface area contributed by atoms with E-state index < -0.39 is 23.2 Å². The zero-order chi connectivity index (χ0) is 19.0. The summed E-state index contributed by atoms with van der Waals surface area (Å²) < 4.78 is 52.8. The van der Waals surface area contributed by atoms with E-state index >= 15 is 0 Å². The SMILES string of the molecule is CC[C@@]1(Cc2ccccc2)C(=O)O[C@]1(c1ccc(OC)cc1)C(F)(F)F. The molecule has 1 aliphatic rings. The Morgan fingerprint density at radius 1 is 1.04 bits per heavy atom. The fraction of sp³-hybridized carbons (Fsp3) is 0.350. The second-order valence-corrected chi connectivity index (χ2v) is 6.40. The van der Waals surface area contributed by atoms with Crippen molar-refractivity contribution in [1.82, 2.24) is 0 Å². The van der Waals surface area contributed by atoms with Crippen molar-refractivity contribution in [2.24, 2.45) is 5.41 Å². The van der Waals surface area contributed by atoms with Gasteiger partial charge in [-0.15, -0.1) is 0 Å². The minimum Gasteiger partial charge on any atom is -0.497 e. The number of methoxy groups -OCH3 is 1. The van der Waals surface area contributed by atoms with Crippen LogP contribution < -0.4 is 4.74 Å². The third-order valence-corrected chi connectivity index (χ3v) is 5.16. The lowest BCUT2D eigenvalue weighted by Crippen LogP contribution is -2.71. The van der Waals surface area contributed by atoms with Gasteiger partial charge in [-0.25, -0.2) is 0 Å². The van der Waals surface area contributed by atoms with Crippen LogP contribution in [0.1, 0.15) is 24.5 Å². The molecule has 1 saturated heterocycles. The standard InChI is InChI=1S/C20H19F3O3/c1-3-18(13-14-7-5-4-6-8-14)17(24)26-19(18,20(21,22)23)15-9-11-16(25-2)12-10-15/h4-12H,3,13H2,1-2H3/t18-,19+/m1/s1. The van der Waals surface area contributed by atoms with Crippen molar-refractivity contribution in [2.75, 3.05) is 7.11 Å². The van der Waals surface area contributed by atoms with Gasteiger partial charge in [-0.1, -0.05) is 49.4 Å². The van der Waals surface area contributed by atoms with Crippen molar-refractivity contribution in [3.05, 3.63) is 65.7 Å². The van der Waals surface area contributed by atoms with Gasteiger partial charge in [0.25, 0.3) is 0 Å². The molecule has 2 aromatic carbocycles. The van der Waals surface area contributed by atoms with Gasteiger partial charge in [-0.2, -0.15) is 13.2 Å². The van der Waals surface area contributed by atoms with E-state index in [1.54, 1.807) is 37.3 Å². The van der Waals surface area contributed by atoms with E-state index in [0.29, 0.717) is 11.3 Å². The van der Waals surface area contributed by atoms with Gasteiger partial charge in [0.2, 0.25) is 5.60 Å². The van der Waals surface area contributed by atoms with Crippen LogP contribution in [0.4, 0.5) is 13.2 Å². The molecule has 0 spiro atoms. The number of benzene rings is 2. The van der Waals surface area contributed by atoms with Crippen LogP contribution in [0.25, 0.3) is 0 Å². The lowest BCUT2D eigenvalue weighted by molar-refractivity contribution is -0.360. The van der Waals surface area contributed by atoms with E-state index in [4.69, 9.17) is 9.47 Å². The van der Waals surface area contributed by atoms with E-state index in [9.17, 15) is 18.0 Å². The predicted octanol–water partition coefficient (Wildman–Crippen LogP) is 4.65. The van der Waals surface area contributed by atoms with Gasteiger partial charge < -0.3 is 9.47 Å². The fourth-order valence-electron chi connectivity index (χ4n) is 3.74. The van der Waals surface area contributed by atoms with Gasteiger partial charge in [-0.3, -0.25) is 4.79 Å². The van der Waals surface area contributed by atoms with Crippen molar-refractivity contribution in [3.63, 3.8) is 0 Å². The van der Waals surface area contributed by atoms with Crippen molar-refractivity contribution in [2.45, 2.75) is 31.5 Å². The van der Waals surface area contributed by atoms with Crippen LogP contribution in [0, 0.1) is 5.41 Å². The Morgan fingerprint density at radius 2 is 1.65 bits per heavy atom. The highest BCUT2D eigenvalue weighted by atomic mass is 19.4.